The van der Waals surface area contributed by atoms with E-state index in [9.17, 15) is 0 Å². The van der Waals surface area contributed by atoms with E-state index in [1.807, 2.05) is 49.4 Å². The van der Waals surface area contributed by atoms with Crippen LogP contribution in [0.2, 0.25) is 0 Å². The highest BCUT2D eigenvalue weighted by Gasteiger charge is 2.37. The molecule has 0 fully saturated rings. The molecule has 192 valence electrons. The summed E-state index contributed by atoms with van der Waals surface area (Å²) < 4.78 is 32.9. The smallest absolute Gasteiger partial charge is 0.324 e. The summed E-state index contributed by atoms with van der Waals surface area (Å²) in [5, 5.41) is 0. The minimum atomic E-state index is -2.68. The maximum absolute atomic E-state index is 15.2. The zero-order chi connectivity index (χ0) is 26.8. The number of aliphatic imine (C=N–C) groups is 1. The van der Waals surface area contributed by atoms with Crippen molar-refractivity contribution in [3.63, 3.8) is 0 Å². The Morgan fingerprint density at radius 2 is 1.46 bits per heavy atom. The molecule has 4 aromatic rings. The minimum absolute atomic E-state index is 0.583. The highest BCUT2D eigenvalue weighted by atomic mass is 127. The number of fused-ring (bicyclic) bond motifs is 6. The predicted molar refractivity (Wildman–Crippen MR) is 165 cm³/mol. The molecule has 1 aliphatic heterocycles. The predicted octanol–water partition coefficient (Wildman–Crippen LogP) is 8.46. The number of aryl methyl sites for hydroxylation is 2. The van der Waals surface area contributed by atoms with Crippen molar-refractivity contribution < 1.29 is 8.63 Å². The Labute approximate surface area is 241 Å². The van der Waals surface area contributed by atoms with Gasteiger partial charge in [0.05, 0.1) is 11.4 Å². The first kappa shape index (κ1) is 24.8. The standard InChI is InChI=1S/C33H26BF2IN2/c1-19-25-17-13-21-7-3-5-9-27(21)31(25)38-30(19)29(23-11-15-24(37)16-12-23)32-20(2)26-18-14-22-8-4-6-10-28(22)33(26)39(32)34(35)36/h3-12,15-16H,13-14,17-18H2,1-2H3/b30-29-. The molecule has 0 N–H and O–H groups in total. The van der Waals surface area contributed by atoms with Crippen molar-refractivity contribution in [3.05, 3.63) is 132 Å². The van der Waals surface area contributed by atoms with E-state index < -0.39 is 7.40 Å². The van der Waals surface area contributed by atoms with Crippen LogP contribution in [-0.2, 0) is 19.3 Å². The fourth-order valence-corrected chi connectivity index (χ4v) is 7.04. The van der Waals surface area contributed by atoms with Gasteiger partial charge in [-0.3, -0.25) is 8.63 Å². The van der Waals surface area contributed by atoms with E-state index >= 15 is 8.63 Å². The Balaban J connectivity index is 1.58. The molecule has 0 atom stereocenters. The summed E-state index contributed by atoms with van der Waals surface area (Å²) in [5.74, 6) is 0. The lowest BCUT2D eigenvalue weighted by molar-refractivity contribution is 0.629. The molecule has 1 aromatic heterocycles. The lowest BCUT2D eigenvalue weighted by Crippen LogP contribution is -2.19. The first-order valence-electron chi connectivity index (χ1n) is 13.4. The minimum Gasteiger partial charge on any atom is -0.324 e. The Kier molecular flexibility index (Phi) is 5.99. The molecule has 0 radical (unpaired) electrons. The van der Waals surface area contributed by atoms with E-state index in [0.717, 1.165) is 85.2 Å². The number of hydrogen-bond donors (Lipinski definition) is 0. The maximum Gasteiger partial charge on any atom is 0.678 e. The Bertz CT molecular complexity index is 1760. The average Bonchev–Trinajstić information content (AvgIpc) is 3.44. The molecule has 2 nitrogen and oxygen atoms in total. The van der Waals surface area contributed by atoms with Crippen LogP contribution < -0.4 is 0 Å². The second-order valence-corrected chi connectivity index (χ2v) is 11.8. The van der Waals surface area contributed by atoms with Gasteiger partial charge in [0.2, 0.25) is 0 Å². The van der Waals surface area contributed by atoms with Gasteiger partial charge in [-0.1, -0.05) is 60.7 Å². The van der Waals surface area contributed by atoms with E-state index in [-0.39, 0.29) is 0 Å². The Morgan fingerprint density at radius 1 is 0.821 bits per heavy atom. The van der Waals surface area contributed by atoms with Crippen LogP contribution in [0.3, 0.4) is 0 Å². The van der Waals surface area contributed by atoms with Crippen molar-refractivity contribution in [1.29, 1.82) is 0 Å². The highest BCUT2D eigenvalue weighted by Crippen LogP contribution is 2.46. The molecule has 0 amide bonds. The van der Waals surface area contributed by atoms with E-state index in [4.69, 9.17) is 4.99 Å². The van der Waals surface area contributed by atoms with Crippen molar-refractivity contribution in [2.24, 2.45) is 4.99 Å². The van der Waals surface area contributed by atoms with Gasteiger partial charge in [0.25, 0.3) is 0 Å². The molecule has 2 heterocycles. The number of hydrogen-bond acceptors (Lipinski definition) is 1. The van der Waals surface area contributed by atoms with Gasteiger partial charge in [0.1, 0.15) is 0 Å². The third-order valence-electron chi connectivity index (χ3n) is 8.53. The molecular formula is C33H26BF2IN2. The molecule has 2 aliphatic carbocycles. The summed E-state index contributed by atoms with van der Waals surface area (Å²) >= 11 is 2.29. The Hall–Kier alpha value is -3.26. The number of halogens is 3. The van der Waals surface area contributed by atoms with E-state index in [2.05, 4.69) is 59.8 Å². The van der Waals surface area contributed by atoms with Crippen LogP contribution in [0.25, 0.3) is 16.8 Å². The summed E-state index contributed by atoms with van der Waals surface area (Å²) in [7, 11) is -2.68. The molecule has 3 aromatic carbocycles. The van der Waals surface area contributed by atoms with E-state index in [1.165, 1.54) is 15.6 Å². The van der Waals surface area contributed by atoms with Crippen LogP contribution >= 0.6 is 22.6 Å². The first-order chi connectivity index (χ1) is 18.9. The second kappa shape index (κ2) is 9.44. The van der Waals surface area contributed by atoms with Crippen LogP contribution in [0.5, 0.6) is 0 Å². The van der Waals surface area contributed by atoms with Gasteiger partial charge < -0.3 is 4.48 Å². The summed E-state index contributed by atoms with van der Waals surface area (Å²) in [4.78, 5) is 5.26. The molecule has 0 saturated heterocycles. The van der Waals surface area contributed by atoms with E-state index in [1.54, 1.807) is 0 Å². The number of aromatic nitrogens is 1. The quantitative estimate of drug-likeness (QED) is 0.161. The van der Waals surface area contributed by atoms with Gasteiger partial charge in [-0.15, -0.1) is 0 Å². The summed E-state index contributed by atoms with van der Waals surface area (Å²) in [6.45, 7) is 4.13. The van der Waals surface area contributed by atoms with Gasteiger partial charge in [-0.25, -0.2) is 4.99 Å². The number of rotatable bonds is 3. The van der Waals surface area contributed by atoms with Crippen LogP contribution in [0.4, 0.5) is 8.63 Å². The molecule has 0 unspecified atom stereocenters. The van der Waals surface area contributed by atoms with Gasteiger partial charge in [0.15, 0.2) is 0 Å². The highest BCUT2D eigenvalue weighted by molar-refractivity contribution is 14.1. The van der Waals surface area contributed by atoms with E-state index in [0.29, 0.717) is 11.4 Å². The topological polar surface area (TPSA) is 17.3 Å². The molecule has 7 rings (SSSR count). The maximum atomic E-state index is 15.2. The van der Waals surface area contributed by atoms with Crippen LogP contribution in [-0.4, -0.2) is 17.6 Å². The SMILES string of the molecule is CC1=C2CCc3ccccc3C2=N/C1=C(/c1ccc(I)cc1)c1c(C)c2c(n1B(F)F)-c1ccccc1CC2. The third-order valence-corrected chi connectivity index (χ3v) is 9.25. The lowest BCUT2D eigenvalue weighted by Gasteiger charge is -2.20. The number of allylic oxidation sites excluding steroid dienone is 2. The van der Waals surface area contributed by atoms with Crippen molar-refractivity contribution in [3.8, 4) is 11.3 Å². The molecule has 3 aliphatic rings. The number of nitrogens with zero attached hydrogens (tertiary/aromatic N) is 2. The number of benzene rings is 3. The van der Waals surface area contributed by atoms with Gasteiger partial charge in [0, 0.05) is 31.7 Å². The molecule has 0 spiro atoms. The third kappa shape index (κ3) is 3.82. The molecule has 6 heteroatoms. The Morgan fingerprint density at radius 3 is 2.18 bits per heavy atom. The largest absolute Gasteiger partial charge is 0.678 e. The fraction of sp³-hybridized carbons (Fsp3) is 0.182. The van der Waals surface area contributed by atoms with Crippen LogP contribution in [0, 0.1) is 10.5 Å². The van der Waals surface area contributed by atoms with Gasteiger partial charge >= 0.3 is 7.40 Å². The summed E-state index contributed by atoms with van der Waals surface area (Å²) in [5.41, 5.74) is 13.5. The van der Waals surface area contributed by atoms with Crippen molar-refractivity contribution >= 4 is 41.3 Å². The molecule has 0 saturated carbocycles. The molecule has 0 bridgehead atoms. The van der Waals surface area contributed by atoms with Gasteiger partial charge in [-0.2, -0.15) is 0 Å². The van der Waals surface area contributed by atoms with Crippen molar-refractivity contribution in [2.45, 2.75) is 39.5 Å². The molecular weight excluding hydrogens is 600 g/mol. The normalized spacial score (nSPS) is 16.8. The van der Waals surface area contributed by atoms with Gasteiger partial charge in [-0.05, 0) is 113 Å². The average molecular weight is 626 g/mol. The summed E-state index contributed by atoms with van der Waals surface area (Å²) in [6.07, 6.45) is 3.48. The van der Waals surface area contributed by atoms with Crippen molar-refractivity contribution in [1.82, 2.24) is 4.48 Å². The van der Waals surface area contributed by atoms with Crippen molar-refractivity contribution in [2.75, 3.05) is 0 Å². The monoisotopic (exact) mass is 626 g/mol. The van der Waals surface area contributed by atoms with Crippen LogP contribution in [0.1, 0.15) is 52.4 Å². The fourth-order valence-electron chi connectivity index (χ4n) is 6.68. The summed E-state index contributed by atoms with van der Waals surface area (Å²) in [6, 6.07) is 24.6. The van der Waals surface area contributed by atoms with Crippen LogP contribution in [0.15, 0.2) is 94.6 Å². The zero-order valence-corrected chi connectivity index (χ0v) is 24.0. The lowest BCUT2D eigenvalue weighted by atomic mass is 9.84. The first-order valence-corrected chi connectivity index (χ1v) is 14.5. The molecule has 39 heavy (non-hydrogen) atoms. The zero-order valence-electron chi connectivity index (χ0n) is 21.9. The second-order valence-electron chi connectivity index (χ2n) is 10.6.